The number of nitrogens with one attached hydrogen (secondary N) is 3. The van der Waals surface area contributed by atoms with E-state index in [4.69, 9.17) is 5.73 Å². The smallest absolute Gasteiger partial charge is 0.242 e. The van der Waals surface area contributed by atoms with Crippen molar-refractivity contribution in [3.05, 3.63) is 64.7 Å². The van der Waals surface area contributed by atoms with E-state index in [-0.39, 0.29) is 41.8 Å². The molecule has 1 fully saturated rings. The lowest BCUT2D eigenvalue weighted by Gasteiger charge is -2.24. The fraction of sp³-hybridized carbons (Fsp3) is 0.433. The van der Waals surface area contributed by atoms with E-state index in [1.807, 2.05) is 13.8 Å². The number of nitrogens with two attached hydrogens (primary N) is 1. The van der Waals surface area contributed by atoms with Crippen LogP contribution >= 0.6 is 0 Å². The molecule has 10 nitrogen and oxygen atoms in total. The summed E-state index contributed by atoms with van der Waals surface area (Å²) in [5, 5.41) is 8.72. The number of carbonyl (C=O) groups excluding carboxylic acids is 5. The molecule has 5 N–H and O–H groups in total. The van der Waals surface area contributed by atoms with Crippen molar-refractivity contribution < 1.29 is 24.0 Å². The minimum atomic E-state index is -0.671. The first-order chi connectivity index (χ1) is 19.2. The quantitative estimate of drug-likeness (QED) is 0.268. The molecule has 0 radical (unpaired) electrons. The predicted molar refractivity (Wildman–Crippen MR) is 151 cm³/mol. The summed E-state index contributed by atoms with van der Waals surface area (Å²) in [7, 11) is 0. The maximum Gasteiger partial charge on any atom is 0.242 e. The second kappa shape index (κ2) is 12.9. The van der Waals surface area contributed by atoms with Gasteiger partial charge in [0.25, 0.3) is 0 Å². The Morgan fingerprint density at radius 2 is 1.65 bits per heavy atom. The molecule has 0 unspecified atom stereocenters. The van der Waals surface area contributed by atoms with Gasteiger partial charge in [-0.2, -0.15) is 0 Å². The topological polar surface area (TPSA) is 151 Å². The fourth-order valence-corrected chi connectivity index (χ4v) is 5.28. The molecule has 0 saturated carbocycles. The molecule has 2 aromatic rings. The summed E-state index contributed by atoms with van der Waals surface area (Å²) in [6.45, 7) is 5.05. The van der Waals surface area contributed by atoms with Gasteiger partial charge in [0, 0.05) is 42.0 Å². The van der Waals surface area contributed by atoms with E-state index in [0.29, 0.717) is 73.3 Å². The van der Waals surface area contributed by atoms with Gasteiger partial charge in [0.1, 0.15) is 6.04 Å². The second-order valence-corrected chi connectivity index (χ2v) is 10.7. The molecule has 1 aliphatic carbocycles. The van der Waals surface area contributed by atoms with Gasteiger partial charge < -0.3 is 26.6 Å². The third-order valence-electron chi connectivity index (χ3n) is 7.27. The molecule has 2 aromatic carbocycles. The van der Waals surface area contributed by atoms with Crippen LogP contribution < -0.4 is 21.7 Å². The van der Waals surface area contributed by atoms with Crippen molar-refractivity contribution >= 4 is 35.0 Å². The van der Waals surface area contributed by atoms with Crippen LogP contribution in [0.3, 0.4) is 0 Å². The molecule has 1 aliphatic heterocycles. The van der Waals surface area contributed by atoms with Crippen molar-refractivity contribution in [2.75, 3.05) is 31.5 Å². The molecule has 0 bridgehead atoms. The summed E-state index contributed by atoms with van der Waals surface area (Å²) in [5.41, 5.74) is 8.02. The number of carbonyl (C=O) groups is 5. The van der Waals surface area contributed by atoms with E-state index in [1.54, 1.807) is 42.5 Å². The van der Waals surface area contributed by atoms with E-state index < -0.39 is 12.1 Å². The number of hydrogen-bond donors (Lipinski definition) is 4. The van der Waals surface area contributed by atoms with Crippen LogP contribution in [0.2, 0.25) is 0 Å². The minimum Gasteiger partial charge on any atom is -0.384 e. The highest BCUT2D eigenvalue weighted by Crippen LogP contribution is 2.31. The molecule has 10 heteroatoms. The average molecular weight is 548 g/mol. The van der Waals surface area contributed by atoms with Gasteiger partial charge in [-0.25, -0.2) is 0 Å². The number of anilines is 1. The number of ketones is 2. The van der Waals surface area contributed by atoms with Crippen LogP contribution in [0.15, 0.2) is 42.5 Å². The largest absolute Gasteiger partial charge is 0.384 e. The van der Waals surface area contributed by atoms with Crippen LogP contribution in [0.5, 0.6) is 0 Å². The van der Waals surface area contributed by atoms with Crippen molar-refractivity contribution in [3.8, 4) is 0 Å². The van der Waals surface area contributed by atoms with Gasteiger partial charge >= 0.3 is 0 Å². The Hall–Kier alpha value is -4.05. The zero-order chi connectivity index (χ0) is 28.8. The van der Waals surface area contributed by atoms with E-state index in [0.717, 1.165) is 0 Å². The molecule has 3 amide bonds. The van der Waals surface area contributed by atoms with Crippen LogP contribution in [-0.4, -0.2) is 72.5 Å². The highest BCUT2D eigenvalue weighted by atomic mass is 16.2. The van der Waals surface area contributed by atoms with Crippen LogP contribution in [0, 0.1) is 5.92 Å². The van der Waals surface area contributed by atoms with E-state index >= 15 is 0 Å². The Labute approximate surface area is 234 Å². The summed E-state index contributed by atoms with van der Waals surface area (Å²) in [5.74, 6) is -1.01. The first kappa shape index (κ1) is 28.9. The van der Waals surface area contributed by atoms with Crippen molar-refractivity contribution in [3.63, 3.8) is 0 Å². The molecule has 1 heterocycles. The van der Waals surface area contributed by atoms with E-state index in [1.165, 1.54) is 4.90 Å². The van der Waals surface area contributed by atoms with Gasteiger partial charge in [-0.15, -0.1) is 0 Å². The third kappa shape index (κ3) is 6.39. The fourth-order valence-electron chi connectivity index (χ4n) is 5.28. The molecule has 1 saturated heterocycles. The normalized spacial score (nSPS) is 16.8. The first-order valence-electron chi connectivity index (χ1n) is 13.8. The lowest BCUT2D eigenvalue weighted by atomic mass is 9.83. The summed E-state index contributed by atoms with van der Waals surface area (Å²) in [4.78, 5) is 65.3. The van der Waals surface area contributed by atoms with Crippen molar-refractivity contribution in [1.82, 2.24) is 15.5 Å². The zero-order valence-electron chi connectivity index (χ0n) is 23.0. The average Bonchev–Trinajstić information content (AvgIpc) is 3.44. The number of rotatable bonds is 11. The van der Waals surface area contributed by atoms with Gasteiger partial charge in [-0.3, -0.25) is 24.0 Å². The molecular weight excluding hydrogens is 510 g/mol. The first-order valence-corrected chi connectivity index (χ1v) is 13.8. The number of benzene rings is 2. The van der Waals surface area contributed by atoms with Crippen molar-refractivity contribution in [2.24, 2.45) is 11.7 Å². The lowest BCUT2D eigenvalue weighted by Crippen LogP contribution is -2.50. The molecular formula is C30H37N5O5. The van der Waals surface area contributed by atoms with Crippen molar-refractivity contribution in [1.29, 1.82) is 0 Å². The molecule has 212 valence electrons. The van der Waals surface area contributed by atoms with Gasteiger partial charge in [0.15, 0.2) is 11.6 Å². The molecule has 0 aromatic heterocycles. The number of amides is 3. The summed E-state index contributed by atoms with van der Waals surface area (Å²) < 4.78 is 0. The number of fused-ring (bicyclic) bond motifs is 2. The Bertz CT molecular complexity index is 1310. The highest BCUT2D eigenvalue weighted by Gasteiger charge is 2.34. The Kier molecular flexibility index (Phi) is 9.31. The third-order valence-corrected chi connectivity index (χ3v) is 7.27. The Morgan fingerprint density at radius 3 is 2.38 bits per heavy atom. The SMILES string of the molecule is CC(C)C[C@H](N)C(=O)NCC(=O)N1CCC[C@H]1C(=O)NCCCNc1cccc2c1C(=O)c1ccccc1C2=O. The van der Waals surface area contributed by atoms with Crippen LogP contribution in [-0.2, 0) is 14.4 Å². The van der Waals surface area contributed by atoms with Gasteiger partial charge in [-0.05, 0) is 37.7 Å². The van der Waals surface area contributed by atoms with E-state index in [2.05, 4.69) is 16.0 Å². The maximum absolute atomic E-state index is 13.1. The number of hydrogen-bond acceptors (Lipinski definition) is 7. The Morgan fingerprint density at radius 1 is 0.950 bits per heavy atom. The van der Waals surface area contributed by atoms with Gasteiger partial charge in [-0.1, -0.05) is 50.2 Å². The van der Waals surface area contributed by atoms with Gasteiger partial charge in [0.2, 0.25) is 17.7 Å². The lowest BCUT2D eigenvalue weighted by molar-refractivity contribution is -0.138. The molecule has 2 atom stereocenters. The molecule has 4 rings (SSSR count). The highest BCUT2D eigenvalue weighted by molar-refractivity contribution is 6.30. The summed E-state index contributed by atoms with van der Waals surface area (Å²) >= 11 is 0. The zero-order valence-corrected chi connectivity index (χ0v) is 23.0. The van der Waals surface area contributed by atoms with Crippen LogP contribution in [0.1, 0.15) is 71.4 Å². The second-order valence-electron chi connectivity index (χ2n) is 10.7. The standard InChI is InChI=1S/C30H37N5O5/c1-18(2)16-22(31)29(39)34-17-25(36)35-15-6-12-24(35)30(40)33-14-7-13-32-23-11-5-10-21-26(23)28(38)20-9-4-3-8-19(20)27(21)37/h3-5,8-11,18,22,24,32H,6-7,12-17,31H2,1-2H3,(H,33,40)(H,34,39)/t22-,24-/m0/s1. The Balaban J connectivity index is 1.25. The number of nitrogens with zero attached hydrogens (tertiary/aromatic N) is 1. The predicted octanol–water partition coefficient (Wildman–Crippen LogP) is 1.86. The summed E-state index contributed by atoms with van der Waals surface area (Å²) in [6, 6.07) is 10.7. The molecule has 40 heavy (non-hydrogen) atoms. The van der Waals surface area contributed by atoms with E-state index in [9.17, 15) is 24.0 Å². The number of likely N-dealkylation sites (tertiary alicyclic amines) is 1. The van der Waals surface area contributed by atoms with Crippen LogP contribution in [0.25, 0.3) is 0 Å². The summed E-state index contributed by atoms with van der Waals surface area (Å²) in [6.07, 6.45) is 2.36. The minimum absolute atomic E-state index is 0.172. The monoisotopic (exact) mass is 547 g/mol. The van der Waals surface area contributed by atoms with Crippen molar-refractivity contribution in [2.45, 2.75) is 51.6 Å². The molecule has 2 aliphatic rings. The van der Waals surface area contributed by atoms with Crippen LogP contribution in [0.4, 0.5) is 5.69 Å². The molecule has 0 spiro atoms. The van der Waals surface area contributed by atoms with Gasteiger partial charge in [0.05, 0.1) is 18.2 Å². The maximum atomic E-state index is 13.1.